The molecule has 5 amide bonds. The van der Waals surface area contributed by atoms with E-state index in [9.17, 15) is 33.6 Å². The van der Waals surface area contributed by atoms with Crippen LogP contribution in [0.1, 0.15) is 65.9 Å². The molecule has 13 heteroatoms. The highest BCUT2D eigenvalue weighted by molar-refractivity contribution is 5.96. The summed E-state index contributed by atoms with van der Waals surface area (Å²) in [6, 6.07) is 5.83. The number of hydrogen-bond acceptors (Lipinski definition) is 8. The maximum absolute atomic E-state index is 12.7. The Bertz CT molecular complexity index is 1200. The lowest BCUT2D eigenvalue weighted by molar-refractivity contribution is -0.154. The Morgan fingerprint density at radius 2 is 1.53 bits per heavy atom. The second-order valence-electron chi connectivity index (χ2n) is 11.9. The van der Waals surface area contributed by atoms with Gasteiger partial charge in [0.25, 0.3) is 0 Å². The minimum atomic E-state index is -0.918. The number of amides is 5. The average molecular weight is 630 g/mol. The van der Waals surface area contributed by atoms with Crippen LogP contribution in [0, 0.1) is 11.3 Å². The van der Waals surface area contributed by atoms with Crippen molar-refractivity contribution in [1.29, 1.82) is 0 Å². The molecule has 0 spiro atoms. The Labute approximate surface area is 264 Å². The molecule has 1 unspecified atom stereocenters. The third-order valence-corrected chi connectivity index (χ3v) is 6.45. The normalized spacial score (nSPS) is 11.8. The van der Waals surface area contributed by atoms with Gasteiger partial charge in [-0.15, -0.1) is 0 Å². The number of carbonyl (C=O) groups is 7. The van der Waals surface area contributed by atoms with Crippen LogP contribution < -0.4 is 21.3 Å². The van der Waals surface area contributed by atoms with Crippen LogP contribution in [0.25, 0.3) is 0 Å². The Kier molecular flexibility index (Phi) is 16.8. The summed E-state index contributed by atoms with van der Waals surface area (Å²) in [6.45, 7) is 8.76. The number of unbranched alkanes of at least 4 members (excludes halogenated alkanes) is 2. The van der Waals surface area contributed by atoms with Crippen molar-refractivity contribution in [2.24, 2.45) is 11.3 Å². The van der Waals surface area contributed by atoms with Crippen molar-refractivity contribution in [2.75, 3.05) is 32.0 Å². The van der Waals surface area contributed by atoms with Crippen molar-refractivity contribution < 1.29 is 38.3 Å². The van der Waals surface area contributed by atoms with E-state index in [0.717, 1.165) is 11.6 Å². The smallest absolute Gasteiger partial charge is 0.311 e. The van der Waals surface area contributed by atoms with Gasteiger partial charge < -0.3 is 30.9 Å². The lowest BCUT2D eigenvalue weighted by Crippen LogP contribution is -2.52. The van der Waals surface area contributed by atoms with E-state index in [1.165, 1.54) is 11.0 Å². The fourth-order valence-corrected chi connectivity index (χ4v) is 3.73. The van der Waals surface area contributed by atoms with E-state index in [0.29, 0.717) is 37.8 Å². The first kappa shape index (κ1) is 38.5. The van der Waals surface area contributed by atoms with Crippen LogP contribution >= 0.6 is 0 Å². The Hall–Kier alpha value is -4.55. The summed E-state index contributed by atoms with van der Waals surface area (Å²) in [5.74, 6) is -2.75. The highest BCUT2D eigenvalue weighted by Gasteiger charge is 2.25. The van der Waals surface area contributed by atoms with E-state index in [2.05, 4.69) is 21.3 Å². The van der Waals surface area contributed by atoms with Crippen LogP contribution in [-0.4, -0.2) is 79.4 Å². The quantitative estimate of drug-likeness (QED) is 0.0822. The summed E-state index contributed by atoms with van der Waals surface area (Å²) in [5, 5.41) is 10.3. The van der Waals surface area contributed by atoms with Crippen LogP contribution in [0.4, 0.5) is 5.69 Å². The van der Waals surface area contributed by atoms with Gasteiger partial charge in [0.05, 0.1) is 18.5 Å². The summed E-state index contributed by atoms with van der Waals surface area (Å²) in [5.41, 5.74) is 0.648. The summed E-state index contributed by atoms with van der Waals surface area (Å²) in [4.78, 5) is 85.0. The fourth-order valence-electron chi connectivity index (χ4n) is 3.73. The summed E-state index contributed by atoms with van der Waals surface area (Å²) in [7, 11) is 1.63. The number of carbonyl (C=O) groups excluding carboxylic acids is 7. The lowest BCUT2D eigenvalue weighted by atomic mass is 9.97. The van der Waals surface area contributed by atoms with Gasteiger partial charge in [0.15, 0.2) is 0 Å². The third-order valence-electron chi connectivity index (χ3n) is 6.45. The van der Waals surface area contributed by atoms with Crippen LogP contribution in [0.3, 0.4) is 0 Å². The van der Waals surface area contributed by atoms with Gasteiger partial charge in [0, 0.05) is 31.8 Å². The fraction of sp³-hybridized carbons (Fsp3) is 0.531. The molecule has 1 atom stereocenters. The molecule has 1 aromatic rings. The maximum Gasteiger partial charge on any atom is 0.311 e. The maximum atomic E-state index is 12.7. The van der Waals surface area contributed by atoms with Gasteiger partial charge in [0.2, 0.25) is 29.5 Å². The van der Waals surface area contributed by atoms with Crippen molar-refractivity contribution in [3.8, 4) is 0 Å². The number of benzene rings is 1. The number of anilines is 1. The molecule has 0 saturated heterocycles. The van der Waals surface area contributed by atoms with E-state index in [4.69, 9.17) is 4.74 Å². The highest BCUT2D eigenvalue weighted by Crippen LogP contribution is 2.17. The monoisotopic (exact) mass is 629 g/mol. The number of nitrogens with one attached hydrogen (secondary N) is 4. The lowest BCUT2D eigenvalue weighted by Gasteiger charge is -2.21. The minimum absolute atomic E-state index is 0.110. The SMILES string of the molecule is CC(C)C(NC(=O)CNC(=O)CCCCCN(C)C(=O)/C=C\C=O)C(=O)NCC(=O)Nc1ccc(COC(=O)C(C)(C)C)cc1. The Morgan fingerprint density at radius 1 is 0.889 bits per heavy atom. The summed E-state index contributed by atoms with van der Waals surface area (Å²) < 4.78 is 5.28. The molecule has 0 aromatic heterocycles. The van der Waals surface area contributed by atoms with E-state index in [1.54, 1.807) is 65.9 Å². The van der Waals surface area contributed by atoms with Gasteiger partial charge in [-0.3, -0.25) is 33.6 Å². The molecule has 0 aliphatic heterocycles. The van der Waals surface area contributed by atoms with Gasteiger partial charge in [-0.05, 0) is 63.3 Å². The third kappa shape index (κ3) is 16.2. The molecule has 1 aromatic carbocycles. The van der Waals surface area contributed by atoms with Gasteiger partial charge in [-0.1, -0.05) is 32.4 Å². The van der Waals surface area contributed by atoms with Crippen LogP contribution in [-0.2, 0) is 44.9 Å². The summed E-state index contributed by atoms with van der Waals surface area (Å²) in [6.07, 6.45) is 4.99. The van der Waals surface area contributed by atoms with Gasteiger partial charge in [-0.2, -0.15) is 0 Å². The first-order chi connectivity index (χ1) is 21.1. The van der Waals surface area contributed by atoms with Crippen molar-refractivity contribution in [1.82, 2.24) is 20.9 Å². The highest BCUT2D eigenvalue weighted by atomic mass is 16.5. The predicted octanol–water partition coefficient (Wildman–Crippen LogP) is 1.86. The van der Waals surface area contributed by atoms with Crippen molar-refractivity contribution in [3.05, 3.63) is 42.0 Å². The second-order valence-corrected chi connectivity index (χ2v) is 11.9. The number of likely N-dealkylation sites (N-methyl/N-ethyl adjacent to an activating group) is 1. The zero-order valence-electron chi connectivity index (χ0n) is 27.1. The van der Waals surface area contributed by atoms with Gasteiger partial charge in [-0.25, -0.2) is 0 Å². The largest absolute Gasteiger partial charge is 0.460 e. The summed E-state index contributed by atoms with van der Waals surface area (Å²) >= 11 is 0. The first-order valence-corrected chi connectivity index (χ1v) is 14.9. The molecule has 0 radical (unpaired) electrons. The number of nitrogens with zero attached hydrogens (tertiary/aromatic N) is 1. The zero-order chi connectivity index (χ0) is 34.0. The van der Waals surface area contributed by atoms with Gasteiger partial charge in [0.1, 0.15) is 18.9 Å². The molecule has 0 fully saturated rings. The van der Waals surface area contributed by atoms with Crippen LogP contribution in [0.15, 0.2) is 36.4 Å². The Morgan fingerprint density at radius 3 is 2.13 bits per heavy atom. The number of rotatable bonds is 18. The molecule has 13 nitrogen and oxygen atoms in total. The topological polar surface area (TPSA) is 180 Å². The molecule has 0 saturated carbocycles. The van der Waals surface area contributed by atoms with Crippen LogP contribution in [0.2, 0.25) is 0 Å². The first-order valence-electron chi connectivity index (χ1n) is 14.9. The molecule has 1 rings (SSSR count). The minimum Gasteiger partial charge on any atom is -0.460 e. The van der Waals surface area contributed by atoms with E-state index >= 15 is 0 Å². The van der Waals surface area contributed by atoms with E-state index < -0.39 is 29.2 Å². The van der Waals surface area contributed by atoms with Crippen molar-refractivity contribution >= 4 is 47.5 Å². The van der Waals surface area contributed by atoms with E-state index in [-0.39, 0.29) is 49.8 Å². The zero-order valence-corrected chi connectivity index (χ0v) is 27.1. The van der Waals surface area contributed by atoms with Crippen molar-refractivity contribution in [2.45, 2.75) is 73.0 Å². The number of esters is 1. The average Bonchev–Trinajstić information content (AvgIpc) is 2.98. The molecule has 45 heavy (non-hydrogen) atoms. The number of aldehydes is 1. The standard InChI is InChI=1S/C32H47N5O8/c1-22(2)29(36-27(41)19-33-25(39)11-8-7-9-17-37(6)28(42)12-10-18-38)30(43)34-20-26(40)35-24-15-13-23(14-16-24)21-45-31(44)32(3,4)5/h10,12-16,18,22,29H,7-9,11,17,19-21H2,1-6H3,(H,33,39)(H,34,43)(H,35,40)(H,36,41)/b12-10-. The molecule has 0 bridgehead atoms. The molecule has 0 aliphatic carbocycles. The Balaban J connectivity index is 2.39. The van der Waals surface area contributed by atoms with Crippen molar-refractivity contribution in [3.63, 3.8) is 0 Å². The second kappa shape index (κ2) is 19.7. The predicted molar refractivity (Wildman–Crippen MR) is 168 cm³/mol. The molecule has 248 valence electrons. The molecule has 4 N–H and O–H groups in total. The molecule has 0 heterocycles. The van der Waals surface area contributed by atoms with Crippen LogP contribution in [0.5, 0.6) is 0 Å². The molecular formula is C32H47N5O8. The number of allylic oxidation sites excluding steroid dienone is 1. The van der Waals surface area contributed by atoms with E-state index in [1.807, 2.05) is 0 Å². The molecular weight excluding hydrogens is 582 g/mol. The number of hydrogen-bond donors (Lipinski definition) is 4. The number of ether oxygens (including phenoxy) is 1. The molecule has 0 aliphatic rings. The van der Waals surface area contributed by atoms with Gasteiger partial charge >= 0.3 is 5.97 Å².